The van der Waals surface area contributed by atoms with Gasteiger partial charge in [0.15, 0.2) is 5.22 Å². The molecule has 2 aromatic heterocycles. The molecular weight excluding hydrogens is 204 g/mol. The average molecular weight is 213 g/mol. The Hall–Kier alpha value is -1.19. The summed E-state index contributed by atoms with van der Waals surface area (Å²) in [6.07, 6.45) is 2.94. The highest BCUT2D eigenvalue weighted by atomic mass is 35.5. The molecule has 0 fully saturated rings. The van der Waals surface area contributed by atoms with Crippen molar-refractivity contribution >= 4 is 11.6 Å². The molecule has 2 rings (SSSR count). The summed E-state index contributed by atoms with van der Waals surface area (Å²) in [6, 6.07) is 5.07. The Morgan fingerprint density at radius 2 is 2.21 bits per heavy atom. The Bertz CT molecular complexity index is 391. The summed E-state index contributed by atoms with van der Waals surface area (Å²) in [5, 5.41) is 10.00. The first-order valence-corrected chi connectivity index (χ1v) is 4.58. The van der Waals surface area contributed by atoms with Crippen LogP contribution in [0.5, 0.6) is 0 Å². The molecule has 3 nitrogen and oxygen atoms in total. The van der Waals surface area contributed by atoms with Crippen molar-refractivity contribution < 1.29 is 13.9 Å². The molecule has 0 aliphatic rings. The van der Waals surface area contributed by atoms with Crippen LogP contribution in [0.15, 0.2) is 39.6 Å². The normalized spacial score (nSPS) is 13.0. The number of halogens is 1. The number of hydrogen-bond donors (Lipinski definition) is 1. The lowest BCUT2D eigenvalue weighted by Crippen LogP contribution is -1.98. The van der Waals surface area contributed by atoms with Crippen molar-refractivity contribution in [1.29, 1.82) is 0 Å². The molecular formula is C10H9ClO3. The third-order valence-electron chi connectivity index (χ3n) is 1.93. The molecule has 2 heterocycles. The molecule has 1 unspecified atom stereocenters. The maximum atomic E-state index is 9.71. The van der Waals surface area contributed by atoms with Crippen molar-refractivity contribution in [2.75, 3.05) is 0 Å². The summed E-state index contributed by atoms with van der Waals surface area (Å²) in [7, 11) is 0. The van der Waals surface area contributed by atoms with E-state index in [1.54, 1.807) is 30.7 Å². The van der Waals surface area contributed by atoms with E-state index in [9.17, 15) is 5.11 Å². The average Bonchev–Trinajstić information content (AvgIpc) is 2.75. The van der Waals surface area contributed by atoms with Crippen LogP contribution >= 0.6 is 11.6 Å². The van der Waals surface area contributed by atoms with Crippen LogP contribution in [-0.2, 0) is 6.42 Å². The van der Waals surface area contributed by atoms with Gasteiger partial charge in [-0.3, -0.25) is 0 Å². The summed E-state index contributed by atoms with van der Waals surface area (Å²) in [5.41, 5.74) is 0.921. The van der Waals surface area contributed by atoms with Crippen LogP contribution in [0.2, 0.25) is 5.22 Å². The van der Waals surface area contributed by atoms with Gasteiger partial charge in [-0.1, -0.05) is 0 Å². The first-order valence-electron chi connectivity index (χ1n) is 4.20. The molecule has 0 saturated carbocycles. The third-order valence-corrected chi connectivity index (χ3v) is 2.13. The van der Waals surface area contributed by atoms with Gasteiger partial charge in [-0.2, -0.15) is 0 Å². The predicted molar refractivity (Wildman–Crippen MR) is 51.1 cm³/mol. The van der Waals surface area contributed by atoms with E-state index >= 15 is 0 Å². The quantitative estimate of drug-likeness (QED) is 0.851. The van der Waals surface area contributed by atoms with Gasteiger partial charge >= 0.3 is 0 Å². The maximum absolute atomic E-state index is 9.71. The van der Waals surface area contributed by atoms with Gasteiger partial charge < -0.3 is 13.9 Å². The van der Waals surface area contributed by atoms with Gasteiger partial charge in [0.05, 0.1) is 12.5 Å². The first kappa shape index (κ1) is 9.37. The second-order valence-electron chi connectivity index (χ2n) is 2.99. The van der Waals surface area contributed by atoms with E-state index < -0.39 is 6.10 Å². The van der Waals surface area contributed by atoms with Crippen molar-refractivity contribution in [3.63, 3.8) is 0 Å². The molecule has 14 heavy (non-hydrogen) atoms. The maximum Gasteiger partial charge on any atom is 0.193 e. The minimum atomic E-state index is -0.680. The van der Waals surface area contributed by atoms with Crippen molar-refractivity contribution in [3.8, 4) is 0 Å². The highest BCUT2D eigenvalue weighted by Gasteiger charge is 2.13. The Morgan fingerprint density at radius 1 is 1.36 bits per heavy atom. The zero-order chi connectivity index (χ0) is 9.97. The first-order chi connectivity index (χ1) is 6.75. The lowest BCUT2D eigenvalue weighted by molar-refractivity contribution is 0.150. The van der Waals surface area contributed by atoms with Gasteiger partial charge in [0, 0.05) is 6.42 Å². The molecule has 0 bridgehead atoms. The second-order valence-corrected chi connectivity index (χ2v) is 3.37. The summed E-state index contributed by atoms with van der Waals surface area (Å²) in [6.45, 7) is 0. The van der Waals surface area contributed by atoms with Crippen LogP contribution in [0, 0.1) is 0 Å². The molecule has 0 aliphatic carbocycles. The number of furan rings is 2. The smallest absolute Gasteiger partial charge is 0.193 e. The fraction of sp³-hybridized carbons (Fsp3) is 0.200. The summed E-state index contributed by atoms with van der Waals surface area (Å²) >= 11 is 5.59. The molecule has 1 N–H and O–H groups in total. The molecule has 0 amide bonds. The highest BCUT2D eigenvalue weighted by molar-refractivity contribution is 6.28. The van der Waals surface area contributed by atoms with Crippen molar-refractivity contribution in [1.82, 2.24) is 0 Å². The van der Waals surface area contributed by atoms with Gasteiger partial charge in [-0.15, -0.1) is 0 Å². The molecule has 4 heteroatoms. The molecule has 74 valence electrons. The van der Waals surface area contributed by atoms with Crippen molar-refractivity contribution in [3.05, 3.63) is 47.3 Å². The van der Waals surface area contributed by atoms with E-state index in [2.05, 4.69) is 0 Å². The molecule has 0 saturated heterocycles. The SMILES string of the molecule is OC(Cc1ccoc1)c1ccc(Cl)o1. The Labute approximate surface area is 85.9 Å². The standard InChI is InChI=1S/C10H9ClO3/c11-10-2-1-9(14-10)8(12)5-7-3-4-13-6-7/h1-4,6,8,12H,5H2. The largest absolute Gasteiger partial charge is 0.472 e. The molecule has 0 radical (unpaired) electrons. The number of hydrogen-bond acceptors (Lipinski definition) is 3. The van der Waals surface area contributed by atoms with E-state index in [0.717, 1.165) is 5.56 Å². The van der Waals surface area contributed by atoms with Crippen LogP contribution in [0.1, 0.15) is 17.4 Å². The lowest BCUT2D eigenvalue weighted by atomic mass is 10.1. The number of aliphatic hydroxyl groups is 1. The van der Waals surface area contributed by atoms with E-state index in [1.165, 1.54) is 0 Å². The van der Waals surface area contributed by atoms with E-state index in [0.29, 0.717) is 12.2 Å². The zero-order valence-electron chi connectivity index (χ0n) is 7.31. The van der Waals surface area contributed by atoms with Gasteiger partial charge in [-0.05, 0) is 35.4 Å². The van der Waals surface area contributed by atoms with Crippen LogP contribution < -0.4 is 0 Å². The Kier molecular flexibility index (Phi) is 2.61. The molecule has 0 aromatic carbocycles. The minimum absolute atomic E-state index is 0.284. The van der Waals surface area contributed by atoms with Gasteiger partial charge in [0.1, 0.15) is 11.9 Å². The second kappa shape index (κ2) is 3.90. The Balaban J connectivity index is 2.06. The molecule has 0 spiro atoms. The summed E-state index contributed by atoms with van der Waals surface area (Å²) in [4.78, 5) is 0. The fourth-order valence-corrected chi connectivity index (χ4v) is 1.39. The summed E-state index contributed by atoms with van der Waals surface area (Å²) in [5.74, 6) is 0.469. The fourth-order valence-electron chi connectivity index (χ4n) is 1.24. The van der Waals surface area contributed by atoms with E-state index in [-0.39, 0.29) is 5.22 Å². The lowest BCUT2D eigenvalue weighted by Gasteiger charge is -2.04. The van der Waals surface area contributed by atoms with Crippen molar-refractivity contribution in [2.45, 2.75) is 12.5 Å². The van der Waals surface area contributed by atoms with Gasteiger partial charge in [0.2, 0.25) is 0 Å². The Morgan fingerprint density at radius 3 is 2.79 bits per heavy atom. The van der Waals surface area contributed by atoms with Crippen LogP contribution in [0.4, 0.5) is 0 Å². The zero-order valence-corrected chi connectivity index (χ0v) is 8.07. The number of rotatable bonds is 3. The topological polar surface area (TPSA) is 46.5 Å². The highest BCUT2D eigenvalue weighted by Crippen LogP contribution is 2.22. The van der Waals surface area contributed by atoms with E-state index in [1.807, 2.05) is 0 Å². The van der Waals surface area contributed by atoms with Crippen LogP contribution in [0.3, 0.4) is 0 Å². The predicted octanol–water partition coefficient (Wildman–Crippen LogP) is 2.80. The van der Waals surface area contributed by atoms with Crippen LogP contribution in [0.25, 0.3) is 0 Å². The van der Waals surface area contributed by atoms with Gasteiger partial charge in [0.25, 0.3) is 0 Å². The van der Waals surface area contributed by atoms with Crippen molar-refractivity contribution in [2.24, 2.45) is 0 Å². The monoisotopic (exact) mass is 212 g/mol. The summed E-state index contributed by atoms with van der Waals surface area (Å²) < 4.78 is 9.97. The molecule has 0 aliphatic heterocycles. The minimum Gasteiger partial charge on any atom is -0.472 e. The van der Waals surface area contributed by atoms with Gasteiger partial charge in [-0.25, -0.2) is 0 Å². The van der Waals surface area contributed by atoms with E-state index in [4.69, 9.17) is 20.4 Å². The molecule has 1 atom stereocenters. The third kappa shape index (κ3) is 2.00. The number of aliphatic hydroxyl groups excluding tert-OH is 1. The van der Waals surface area contributed by atoms with Crippen LogP contribution in [-0.4, -0.2) is 5.11 Å². The molecule has 2 aromatic rings.